The van der Waals surface area contributed by atoms with E-state index < -0.39 is 0 Å². The van der Waals surface area contributed by atoms with Crippen LogP contribution in [0.4, 0.5) is 15.2 Å². The highest BCUT2D eigenvalue weighted by atomic mass is 32.1. The first-order valence-corrected chi connectivity index (χ1v) is 7.32. The molecule has 0 radical (unpaired) electrons. The molecule has 3 aliphatic rings. The molecule has 2 aromatic rings. The van der Waals surface area contributed by atoms with Crippen LogP contribution >= 0.6 is 11.3 Å². The van der Waals surface area contributed by atoms with Crippen molar-refractivity contribution < 1.29 is 4.39 Å². The van der Waals surface area contributed by atoms with Gasteiger partial charge in [0.05, 0.1) is 16.6 Å². The molecule has 98 valence electrons. The van der Waals surface area contributed by atoms with E-state index in [2.05, 4.69) is 9.88 Å². The van der Waals surface area contributed by atoms with Gasteiger partial charge in [-0.2, -0.15) is 0 Å². The first-order chi connectivity index (χ1) is 9.22. The van der Waals surface area contributed by atoms with E-state index in [4.69, 9.17) is 5.73 Å². The van der Waals surface area contributed by atoms with Crippen molar-refractivity contribution in [2.75, 3.05) is 17.2 Å². The van der Waals surface area contributed by atoms with E-state index in [9.17, 15) is 4.39 Å². The second kappa shape index (κ2) is 3.93. The van der Waals surface area contributed by atoms with E-state index >= 15 is 0 Å². The lowest BCUT2D eigenvalue weighted by Gasteiger charge is -2.45. The van der Waals surface area contributed by atoms with Crippen molar-refractivity contribution in [2.24, 2.45) is 0 Å². The number of nitrogens with two attached hydrogens (primary N) is 1. The third-order valence-corrected chi connectivity index (χ3v) is 5.13. The van der Waals surface area contributed by atoms with Crippen LogP contribution in [0.1, 0.15) is 35.4 Å². The quantitative estimate of drug-likeness (QED) is 0.868. The Kier molecular flexibility index (Phi) is 2.33. The fourth-order valence-corrected chi connectivity index (χ4v) is 4.34. The fourth-order valence-electron chi connectivity index (χ4n) is 3.28. The van der Waals surface area contributed by atoms with E-state index in [0.29, 0.717) is 17.1 Å². The highest BCUT2D eigenvalue weighted by Crippen LogP contribution is 2.50. The zero-order valence-electron chi connectivity index (χ0n) is 10.3. The van der Waals surface area contributed by atoms with Gasteiger partial charge in [-0.25, -0.2) is 9.37 Å². The highest BCUT2D eigenvalue weighted by Gasteiger charge is 2.41. The van der Waals surface area contributed by atoms with Gasteiger partial charge >= 0.3 is 0 Å². The number of rotatable bonds is 1. The van der Waals surface area contributed by atoms with Gasteiger partial charge in [0.1, 0.15) is 5.82 Å². The first-order valence-electron chi connectivity index (χ1n) is 6.50. The van der Waals surface area contributed by atoms with Crippen molar-refractivity contribution in [1.82, 2.24) is 4.98 Å². The van der Waals surface area contributed by atoms with Crippen LogP contribution in [0.2, 0.25) is 0 Å². The standard InChI is InChI=1S/C14H14FN3S/c15-9-2-4-10(5-3-9)18-7-8-1-6-11(18)13-12(8)17-14(16)19-13/h2-5,8,11H,1,6-7H2,(H2,16,17). The Bertz CT molecular complexity index is 622. The number of aromatic nitrogens is 1. The van der Waals surface area contributed by atoms with E-state index in [1.54, 1.807) is 11.3 Å². The average Bonchev–Trinajstić information content (AvgIpc) is 2.83. The van der Waals surface area contributed by atoms with Crippen molar-refractivity contribution in [3.05, 3.63) is 40.7 Å². The molecule has 1 fully saturated rings. The van der Waals surface area contributed by atoms with E-state index in [0.717, 1.165) is 18.7 Å². The summed E-state index contributed by atoms with van der Waals surface area (Å²) in [6, 6.07) is 7.14. The van der Waals surface area contributed by atoms with Crippen LogP contribution in [-0.2, 0) is 0 Å². The molecule has 0 spiro atoms. The molecule has 19 heavy (non-hydrogen) atoms. The van der Waals surface area contributed by atoms with Gasteiger partial charge in [-0.3, -0.25) is 0 Å². The van der Waals surface area contributed by atoms with Crippen LogP contribution in [0.5, 0.6) is 0 Å². The van der Waals surface area contributed by atoms with Crippen LogP contribution in [0, 0.1) is 5.82 Å². The summed E-state index contributed by atoms with van der Waals surface area (Å²) in [5.74, 6) is 0.284. The molecule has 2 N–H and O–H groups in total. The van der Waals surface area contributed by atoms with Crippen molar-refractivity contribution in [2.45, 2.75) is 24.8 Å². The van der Waals surface area contributed by atoms with Gasteiger partial charge in [-0.1, -0.05) is 11.3 Å². The number of hydrogen-bond donors (Lipinski definition) is 1. The van der Waals surface area contributed by atoms with Crippen molar-refractivity contribution >= 4 is 22.2 Å². The number of hydrogen-bond acceptors (Lipinski definition) is 4. The molecule has 1 saturated heterocycles. The van der Waals surface area contributed by atoms with Crippen molar-refractivity contribution in [1.29, 1.82) is 0 Å². The monoisotopic (exact) mass is 275 g/mol. The van der Waals surface area contributed by atoms with Gasteiger partial charge in [0.2, 0.25) is 0 Å². The topological polar surface area (TPSA) is 42.1 Å². The molecular formula is C14H14FN3S. The van der Waals surface area contributed by atoms with Gasteiger partial charge in [0.25, 0.3) is 0 Å². The lowest BCUT2D eigenvalue weighted by molar-refractivity contribution is 0.389. The molecule has 2 aliphatic heterocycles. The fraction of sp³-hybridized carbons (Fsp3) is 0.357. The summed E-state index contributed by atoms with van der Waals surface area (Å²) < 4.78 is 13.0. The largest absolute Gasteiger partial charge is 0.375 e. The Morgan fingerprint density at radius 2 is 2.05 bits per heavy atom. The maximum Gasteiger partial charge on any atom is 0.180 e. The molecule has 3 nitrogen and oxygen atoms in total. The van der Waals surface area contributed by atoms with Crippen LogP contribution in [0.15, 0.2) is 24.3 Å². The van der Waals surface area contributed by atoms with Crippen LogP contribution in [-0.4, -0.2) is 11.5 Å². The Morgan fingerprint density at radius 3 is 2.84 bits per heavy atom. The highest BCUT2D eigenvalue weighted by molar-refractivity contribution is 7.15. The minimum absolute atomic E-state index is 0.186. The Labute approximate surface area is 114 Å². The molecule has 1 aromatic heterocycles. The average molecular weight is 275 g/mol. The molecule has 0 amide bonds. The molecule has 1 aromatic carbocycles. The summed E-state index contributed by atoms with van der Waals surface area (Å²) >= 11 is 1.61. The lowest BCUT2D eigenvalue weighted by atomic mass is 9.81. The smallest absolute Gasteiger partial charge is 0.180 e. The summed E-state index contributed by atoms with van der Waals surface area (Å²) in [6.45, 7) is 0.965. The number of thiazole rings is 1. The van der Waals surface area contributed by atoms with E-state index in [-0.39, 0.29) is 5.82 Å². The van der Waals surface area contributed by atoms with Gasteiger partial charge in [-0.15, -0.1) is 0 Å². The summed E-state index contributed by atoms with van der Waals surface area (Å²) in [5, 5.41) is 0.669. The molecule has 3 heterocycles. The minimum Gasteiger partial charge on any atom is -0.375 e. The SMILES string of the molecule is Nc1nc2c(s1)C1CCC2CN1c1ccc(F)cc1. The van der Waals surface area contributed by atoms with Crippen LogP contribution < -0.4 is 10.6 Å². The molecule has 5 heteroatoms. The second-order valence-corrected chi connectivity index (χ2v) is 6.28. The van der Waals surface area contributed by atoms with Crippen molar-refractivity contribution in [3.63, 3.8) is 0 Å². The Balaban J connectivity index is 1.76. The zero-order valence-corrected chi connectivity index (χ0v) is 11.2. The predicted octanol–water partition coefficient (Wildman–Crippen LogP) is 3.30. The number of halogens is 1. The normalized spacial score (nSPS) is 24.6. The number of nitrogen functional groups attached to an aromatic ring is 1. The van der Waals surface area contributed by atoms with Gasteiger partial charge < -0.3 is 10.6 Å². The van der Waals surface area contributed by atoms with E-state index in [1.807, 2.05) is 12.1 Å². The van der Waals surface area contributed by atoms with Crippen LogP contribution in [0.3, 0.4) is 0 Å². The molecular weight excluding hydrogens is 261 g/mol. The molecule has 2 bridgehead atoms. The maximum absolute atomic E-state index is 13.0. The molecule has 5 rings (SSSR count). The minimum atomic E-state index is -0.186. The van der Waals surface area contributed by atoms with Crippen molar-refractivity contribution in [3.8, 4) is 0 Å². The molecule has 2 unspecified atom stereocenters. The number of benzene rings is 1. The summed E-state index contributed by atoms with van der Waals surface area (Å²) in [4.78, 5) is 8.16. The number of fused-ring (bicyclic) bond motifs is 2. The number of anilines is 2. The number of piperidine rings is 1. The lowest BCUT2D eigenvalue weighted by Crippen LogP contribution is -2.42. The summed E-state index contributed by atoms with van der Waals surface area (Å²) in [5.41, 5.74) is 8.15. The van der Waals surface area contributed by atoms with Gasteiger partial charge in [0, 0.05) is 18.2 Å². The van der Waals surface area contributed by atoms with Gasteiger partial charge in [0.15, 0.2) is 5.13 Å². The first kappa shape index (κ1) is 11.2. The van der Waals surface area contributed by atoms with Gasteiger partial charge in [-0.05, 0) is 37.1 Å². The maximum atomic E-state index is 13.0. The third kappa shape index (κ3) is 1.64. The second-order valence-electron chi connectivity index (χ2n) is 5.22. The predicted molar refractivity (Wildman–Crippen MR) is 75.0 cm³/mol. The molecule has 2 atom stereocenters. The zero-order chi connectivity index (χ0) is 13.0. The molecule has 1 aliphatic carbocycles. The Hall–Kier alpha value is -1.62. The van der Waals surface area contributed by atoms with Crippen LogP contribution in [0.25, 0.3) is 0 Å². The summed E-state index contributed by atoms with van der Waals surface area (Å²) in [7, 11) is 0. The summed E-state index contributed by atoms with van der Waals surface area (Å²) in [6.07, 6.45) is 2.31. The number of nitrogens with zero attached hydrogens (tertiary/aromatic N) is 2. The third-order valence-electron chi connectivity index (χ3n) is 4.13. The Morgan fingerprint density at radius 1 is 1.26 bits per heavy atom. The van der Waals surface area contributed by atoms with E-state index in [1.165, 1.54) is 29.1 Å². The molecule has 0 saturated carbocycles.